The Morgan fingerprint density at radius 1 is 0.923 bits per heavy atom. The summed E-state index contributed by atoms with van der Waals surface area (Å²) < 4.78 is 5.19. The SMILES string of the molecule is COC(=O)N(C1=C(c2ccccc2)C2C3CCC(C3)C12)c1ccccc1. The van der Waals surface area contributed by atoms with E-state index in [1.807, 2.05) is 35.2 Å². The van der Waals surface area contributed by atoms with Crippen LogP contribution in [0.25, 0.3) is 5.57 Å². The van der Waals surface area contributed by atoms with E-state index in [1.165, 1.54) is 43.2 Å². The molecule has 3 nitrogen and oxygen atoms in total. The highest BCUT2D eigenvalue weighted by Gasteiger charge is 2.59. The Morgan fingerprint density at radius 3 is 2.19 bits per heavy atom. The van der Waals surface area contributed by atoms with Crippen LogP contribution in [0.4, 0.5) is 10.5 Å². The molecule has 1 amide bonds. The molecular weight excluding hydrogens is 322 g/mol. The Hall–Kier alpha value is -2.55. The molecule has 2 bridgehead atoms. The summed E-state index contributed by atoms with van der Waals surface area (Å²) in [5.41, 5.74) is 4.67. The summed E-state index contributed by atoms with van der Waals surface area (Å²) in [6.07, 6.45) is 3.64. The molecule has 5 rings (SSSR count). The van der Waals surface area contributed by atoms with Gasteiger partial charge in [0.2, 0.25) is 0 Å². The van der Waals surface area contributed by atoms with Crippen LogP contribution in [0.1, 0.15) is 24.8 Å². The van der Waals surface area contributed by atoms with Crippen LogP contribution in [0.5, 0.6) is 0 Å². The lowest BCUT2D eigenvalue weighted by Gasteiger charge is -2.48. The van der Waals surface area contributed by atoms with Gasteiger partial charge in [0.25, 0.3) is 0 Å². The molecular formula is C23H23NO2. The van der Waals surface area contributed by atoms with Gasteiger partial charge in [0.05, 0.1) is 12.8 Å². The monoisotopic (exact) mass is 345 g/mol. The van der Waals surface area contributed by atoms with Crippen molar-refractivity contribution in [1.82, 2.24) is 0 Å². The van der Waals surface area contributed by atoms with E-state index in [0.29, 0.717) is 17.8 Å². The normalized spacial score (nSPS) is 28.5. The number of anilines is 1. The first-order valence-electron chi connectivity index (χ1n) is 9.52. The summed E-state index contributed by atoms with van der Waals surface area (Å²) in [7, 11) is 1.47. The van der Waals surface area contributed by atoms with Crippen LogP contribution < -0.4 is 4.90 Å². The van der Waals surface area contributed by atoms with Crippen molar-refractivity contribution < 1.29 is 9.53 Å². The van der Waals surface area contributed by atoms with Gasteiger partial charge in [0.15, 0.2) is 0 Å². The number of benzene rings is 2. The minimum Gasteiger partial charge on any atom is -0.452 e. The summed E-state index contributed by atoms with van der Waals surface area (Å²) in [5.74, 6) is 2.58. The Balaban J connectivity index is 1.68. The van der Waals surface area contributed by atoms with Gasteiger partial charge in [0, 0.05) is 11.6 Å². The largest absolute Gasteiger partial charge is 0.452 e. The van der Waals surface area contributed by atoms with Gasteiger partial charge in [-0.05, 0) is 60.3 Å². The summed E-state index contributed by atoms with van der Waals surface area (Å²) in [5, 5.41) is 0. The van der Waals surface area contributed by atoms with Gasteiger partial charge in [-0.1, -0.05) is 48.5 Å². The van der Waals surface area contributed by atoms with Crippen molar-refractivity contribution >= 4 is 17.4 Å². The molecule has 3 aliphatic carbocycles. The number of methoxy groups -OCH3 is 1. The number of ether oxygens (including phenoxy) is 1. The maximum atomic E-state index is 12.8. The maximum absolute atomic E-state index is 12.8. The van der Waals surface area contributed by atoms with Gasteiger partial charge in [-0.2, -0.15) is 0 Å². The standard InChI is InChI=1S/C23H23NO2/c1-26-23(25)24(18-10-6-3-7-11-18)22-20(15-8-4-2-5-9-15)19-16-12-13-17(14-16)21(19)22/h2-11,16-17,19,21H,12-14H2,1H3. The minimum absolute atomic E-state index is 0.291. The fourth-order valence-electron chi connectivity index (χ4n) is 5.59. The summed E-state index contributed by atoms with van der Waals surface area (Å²) in [4.78, 5) is 14.6. The van der Waals surface area contributed by atoms with Crippen LogP contribution in [0.2, 0.25) is 0 Å². The van der Waals surface area contributed by atoms with Crippen molar-refractivity contribution in [3.63, 3.8) is 0 Å². The molecule has 26 heavy (non-hydrogen) atoms. The van der Waals surface area contributed by atoms with Gasteiger partial charge >= 0.3 is 6.09 Å². The average Bonchev–Trinajstić information content (AvgIpc) is 3.25. The quantitative estimate of drug-likeness (QED) is 0.751. The number of carbonyl (C=O) groups is 1. The van der Waals surface area contributed by atoms with E-state index in [1.54, 1.807) is 0 Å². The van der Waals surface area contributed by atoms with Crippen LogP contribution in [-0.4, -0.2) is 13.2 Å². The molecule has 0 saturated heterocycles. The molecule has 3 heteroatoms. The highest BCUT2D eigenvalue weighted by Crippen LogP contribution is 2.66. The predicted molar refractivity (Wildman–Crippen MR) is 102 cm³/mol. The van der Waals surface area contributed by atoms with Crippen LogP contribution in [0.3, 0.4) is 0 Å². The third-order valence-corrected chi connectivity index (χ3v) is 6.54. The van der Waals surface area contributed by atoms with Crippen molar-refractivity contribution in [1.29, 1.82) is 0 Å². The second-order valence-electron chi connectivity index (χ2n) is 7.69. The molecule has 0 aromatic heterocycles. The Morgan fingerprint density at radius 2 is 1.54 bits per heavy atom. The van der Waals surface area contributed by atoms with Crippen molar-refractivity contribution in [2.45, 2.75) is 19.3 Å². The summed E-state index contributed by atoms with van der Waals surface area (Å²) in [6.45, 7) is 0. The number of para-hydroxylation sites is 1. The first kappa shape index (κ1) is 15.7. The fourth-order valence-corrected chi connectivity index (χ4v) is 5.59. The Kier molecular flexibility index (Phi) is 3.63. The molecule has 2 aromatic rings. The maximum Gasteiger partial charge on any atom is 0.418 e. The summed E-state index contributed by atoms with van der Waals surface area (Å²) >= 11 is 0. The molecule has 0 heterocycles. The zero-order chi connectivity index (χ0) is 17.7. The number of nitrogens with zero attached hydrogens (tertiary/aromatic N) is 1. The van der Waals surface area contributed by atoms with Crippen molar-refractivity contribution in [2.75, 3.05) is 12.0 Å². The molecule has 0 N–H and O–H groups in total. The number of amides is 1. The van der Waals surface area contributed by atoms with Crippen molar-refractivity contribution in [3.05, 3.63) is 71.9 Å². The predicted octanol–water partition coefficient (Wildman–Crippen LogP) is 5.35. The number of hydrogen-bond donors (Lipinski definition) is 0. The van der Waals surface area contributed by atoms with Gasteiger partial charge in [0.1, 0.15) is 0 Å². The highest BCUT2D eigenvalue weighted by atomic mass is 16.5. The highest BCUT2D eigenvalue weighted by molar-refractivity contribution is 5.97. The Labute approximate surface area is 154 Å². The number of fused-ring (bicyclic) bond motifs is 5. The molecule has 4 unspecified atom stereocenters. The van der Waals surface area contributed by atoms with Crippen molar-refractivity contribution in [3.8, 4) is 0 Å². The second-order valence-corrected chi connectivity index (χ2v) is 7.69. The molecule has 4 atom stereocenters. The van der Waals surface area contributed by atoms with Gasteiger partial charge in [-0.3, -0.25) is 0 Å². The van der Waals surface area contributed by atoms with E-state index < -0.39 is 0 Å². The molecule has 0 aliphatic heterocycles. The fraction of sp³-hybridized carbons (Fsp3) is 0.348. The topological polar surface area (TPSA) is 29.5 Å². The summed E-state index contributed by atoms with van der Waals surface area (Å²) in [6, 6.07) is 20.5. The third kappa shape index (κ3) is 2.16. The van der Waals surface area contributed by atoms with E-state index in [0.717, 1.165) is 11.6 Å². The van der Waals surface area contributed by atoms with E-state index in [-0.39, 0.29) is 6.09 Å². The average molecular weight is 345 g/mol. The molecule has 0 radical (unpaired) electrons. The number of hydrogen-bond acceptors (Lipinski definition) is 2. The van der Waals surface area contributed by atoms with E-state index in [2.05, 4.69) is 30.3 Å². The van der Waals surface area contributed by atoms with E-state index in [9.17, 15) is 4.79 Å². The van der Waals surface area contributed by atoms with Crippen molar-refractivity contribution in [2.24, 2.45) is 23.7 Å². The smallest absolute Gasteiger partial charge is 0.418 e. The van der Waals surface area contributed by atoms with Crippen LogP contribution in [0, 0.1) is 23.7 Å². The molecule has 2 aromatic carbocycles. The zero-order valence-corrected chi connectivity index (χ0v) is 15.0. The first-order valence-corrected chi connectivity index (χ1v) is 9.52. The molecule has 3 aliphatic rings. The van der Waals surface area contributed by atoms with E-state index in [4.69, 9.17) is 4.74 Å². The van der Waals surface area contributed by atoms with Gasteiger partial charge in [-0.25, -0.2) is 9.69 Å². The molecule has 2 fully saturated rings. The molecule has 0 spiro atoms. The first-order chi connectivity index (χ1) is 12.8. The zero-order valence-electron chi connectivity index (χ0n) is 15.0. The number of allylic oxidation sites excluding steroid dienone is 2. The molecule has 2 saturated carbocycles. The van der Waals surface area contributed by atoms with Crippen LogP contribution in [0.15, 0.2) is 66.4 Å². The van der Waals surface area contributed by atoms with Crippen LogP contribution >= 0.6 is 0 Å². The number of carbonyl (C=O) groups excluding carboxylic acids is 1. The third-order valence-electron chi connectivity index (χ3n) is 6.54. The lowest BCUT2D eigenvalue weighted by atomic mass is 9.62. The molecule has 132 valence electrons. The second kappa shape index (κ2) is 6.01. The lowest BCUT2D eigenvalue weighted by Crippen LogP contribution is -2.45. The minimum atomic E-state index is -0.291. The number of rotatable bonds is 3. The Bertz CT molecular complexity index is 858. The van der Waals surface area contributed by atoms with Gasteiger partial charge < -0.3 is 4.74 Å². The lowest BCUT2D eigenvalue weighted by molar-refractivity contribution is 0.176. The van der Waals surface area contributed by atoms with E-state index >= 15 is 0 Å². The van der Waals surface area contributed by atoms with Gasteiger partial charge in [-0.15, -0.1) is 0 Å². The van der Waals surface area contributed by atoms with Crippen LogP contribution in [-0.2, 0) is 4.74 Å².